The maximum Gasteiger partial charge on any atom is 0.271 e. The summed E-state index contributed by atoms with van der Waals surface area (Å²) >= 11 is 0. The molecule has 0 saturated carbocycles. The number of hydrogen-bond donors (Lipinski definition) is 1. The van der Waals surface area contributed by atoms with Gasteiger partial charge in [0.2, 0.25) is 10.0 Å². The van der Waals surface area contributed by atoms with E-state index in [0.29, 0.717) is 24.0 Å². The molecule has 0 amide bonds. The van der Waals surface area contributed by atoms with Crippen LogP contribution in [0.1, 0.15) is 29.5 Å². The highest BCUT2D eigenvalue weighted by Crippen LogP contribution is 2.26. The molecule has 9 heteroatoms. The van der Waals surface area contributed by atoms with E-state index in [2.05, 4.69) is 21.8 Å². The van der Waals surface area contributed by atoms with Crippen molar-refractivity contribution < 1.29 is 13.3 Å². The van der Waals surface area contributed by atoms with Gasteiger partial charge in [-0.25, -0.2) is 13.1 Å². The Morgan fingerprint density at radius 3 is 2.34 bits per heavy atom. The standard InChI is InChI=1S/C20H25N3O4S.ClH/c1-15-12-19(23(24)25)13-20(16(15)2)28(26,27)21-18-8-10-22(11-9-18)14-17-6-4-3-5-7-17;/h3-7,12-13,18,21H,8-11,14H2,1-2H3;1H. The van der Waals surface area contributed by atoms with E-state index < -0.39 is 14.9 Å². The quantitative estimate of drug-likeness (QED) is 0.548. The molecule has 158 valence electrons. The zero-order valence-corrected chi connectivity index (χ0v) is 18.1. The van der Waals surface area contributed by atoms with Crippen LogP contribution in [0.4, 0.5) is 5.69 Å². The SMILES string of the molecule is Cc1cc([N+](=O)[O-])cc(S(=O)(=O)NC2CCN(Cc3ccccc3)CC2)c1C.Cl. The summed E-state index contributed by atoms with van der Waals surface area (Å²) in [5.41, 5.74) is 2.16. The van der Waals surface area contributed by atoms with E-state index >= 15 is 0 Å². The fourth-order valence-electron chi connectivity index (χ4n) is 3.53. The van der Waals surface area contributed by atoms with Crippen LogP contribution < -0.4 is 4.72 Å². The lowest BCUT2D eigenvalue weighted by Gasteiger charge is -2.32. The number of piperidine rings is 1. The van der Waals surface area contributed by atoms with E-state index in [-0.39, 0.29) is 29.0 Å². The molecule has 0 radical (unpaired) electrons. The number of nitrogens with one attached hydrogen (secondary N) is 1. The molecule has 0 aliphatic carbocycles. The Morgan fingerprint density at radius 1 is 1.14 bits per heavy atom. The first-order valence-corrected chi connectivity index (χ1v) is 10.8. The number of nitro groups is 1. The topological polar surface area (TPSA) is 92.5 Å². The summed E-state index contributed by atoms with van der Waals surface area (Å²) in [6.07, 6.45) is 1.41. The van der Waals surface area contributed by atoms with E-state index in [1.165, 1.54) is 11.6 Å². The summed E-state index contributed by atoms with van der Waals surface area (Å²) in [5, 5.41) is 11.1. The van der Waals surface area contributed by atoms with Crippen LogP contribution in [0.15, 0.2) is 47.4 Å². The van der Waals surface area contributed by atoms with Crippen molar-refractivity contribution in [3.05, 3.63) is 69.3 Å². The second-order valence-corrected chi connectivity index (χ2v) is 8.98. The van der Waals surface area contributed by atoms with Crippen LogP contribution in [0.25, 0.3) is 0 Å². The molecule has 1 heterocycles. The lowest BCUT2D eigenvalue weighted by molar-refractivity contribution is -0.385. The summed E-state index contributed by atoms with van der Waals surface area (Å²) in [5.74, 6) is 0. The van der Waals surface area contributed by atoms with Gasteiger partial charge in [-0.2, -0.15) is 0 Å². The second-order valence-electron chi connectivity index (χ2n) is 7.30. The Morgan fingerprint density at radius 2 is 1.76 bits per heavy atom. The fourth-order valence-corrected chi connectivity index (χ4v) is 5.17. The Hall–Kier alpha value is -2.00. The van der Waals surface area contributed by atoms with Crippen LogP contribution in [0.2, 0.25) is 0 Å². The van der Waals surface area contributed by atoms with Gasteiger partial charge < -0.3 is 0 Å². The molecule has 0 bridgehead atoms. The van der Waals surface area contributed by atoms with Crippen molar-refractivity contribution in [3.8, 4) is 0 Å². The number of halogens is 1. The van der Waals surface area contributed by atoms with Gasteiger partial charge in [0.05, 0.1) is 9.82 Å². The molecule has 0 spiro atoms. The molecule has 0 unspecified atom stereocenters. The summed E-state index contributed by atoms with van der Waals surface area (Å²) in [6, 6.07) is 12.6. The monoisotopic (exact) mass is 439 g/mol. The van der Waals surface area contributed by atoms with Crippen molar-refractivity contribution in [2.75, 3.05) is 13.1 Å². The van der Waals surface area contributed by atoms with Crippen molar-refractivity contribution in [2.45, 2.75) is 44.2 Å². The van der Waals surface area contributed by atoms with Crippen molar-refractivity contribution in [1.29, 1.82) is 0 Å². The molecule has 2 aromatic rings. The zero-order chi connectivity index (χ0) is 20.3. The number of sulfonamides is 1. The number of hydrogen-bond acceptors (Lipinski definition) is 5. The van der Waals surface area contributed by atoms with Crippen molar-refractivity contribution in [2.24, 2.45) is 0 Å². The number of non-ortho nitro benzene ring substituents is 1. The highest BCUT2D eigenvalue weighted by molar-refractivity contribution is 7.89. The molecule has 3 rings (SSSR count). The van der Waals surface area contributed by atoms with Gasteiger partial charge in [0.1, 0.15) is 0 Å². The Balaban J connectivity index is 0.00000300. The lowest BCUT2D eigenvalue weighted by atomic mass is 10.1. The molecule has 0 aromatic heterocycles. The van der Waals surface area contributed by atoms with Gasteiger partial charge in [0.15, 0.2) is 0 Å². The van der Waals surface area contributed by atoms with Crippen molar-refractivity contribution >= 4 is 28.1 Å². The number of aryl methyl sites for hydroxylation is 1. The number of nitrogens with zero attached hydrogens (tertiary/aromatic N) is 2. The molecule has 1 fully saturated rings. The van der Waals surface area contributed by atoms with Gasteiger partial charge in [-0.05, 0) is 43.4 Å². The average molecular weight is 440 g/mol. The number of rotatable bonds is 6. The highest BCUT2D eigenvalue weighted by Gasteiger charge is 2.27. The second kappa shape index (κ2) is 9.67. The fraction of sp³-hybridized carbons (Fsp3) is 0.400. The van der Waals surface area contributed by atoms with Gasteiger partial charge >= 0.3 is 0 Å². The van der Waals surface area contributed by atoms with E-state index in [4.69, 9.17) is 0 Å². The summed E-state index contributed by atoms with van der Waals surface area (Å²) < 4.78 is 28.5. The van der Waals surface area contributed by atoms with Crippen molar-refractivity contribution in [1.82, 2.24) is 9.62 Å². The molecule has 29 heavy (non-hydrogen) atoms. The van der Waals surface area contributed by atoms with Crippen LogP contribution >= 0.6 is 12.4 Å². The molecule has 1 N–H and O–H groups in total. The highest BCUT2D eigenvalue weighted by atomic mass is 35.5. The minimum absolute atomic E-state index is 0. The number of nitro benzene ring substituents is 1. The largest absolute Gasteiger partial charge is 0.299 e. The minimum Gasteiger partial charge on any atom is -0.299 e. The first kappa shape index (κ1) is 23.3. The third kappa shape index (κ3) is 5.76. The van der Waals surface area contributed by atoms with Crippen molar-refractivity contribution in [3.63, 3.8) is 0 Å². The molecular weight excluding hydrogens is 414 g/mol. The Kier molecular flexibility index (Phi) is 7.76. The van der Waals surface area contributed by atoms with E-state index in [1.807, 2.05) is 18.2 Å². The van der Waals surface area contributed by atoms with E-state index in [0.717, 1.165) is 25.7 Å². The average Bonchev–Trinajstić information content (AvgIpc) is 2.65. The van der Waals surface area contributed by atoms with Gasteiger partial charge in [-0.3, -0.25) is 15.0 Å². The molecule has 1 aliphatic heterocycles. The first-order chi connectivity index (χ1) is 13.3. The van der Waals surface area contributed by atoms with Crippen LogP contribution in [-0.4, -0.2) is 37.4 Å². The third-order valence-corrected chi connectivity index (χ3v) is 6.91. The van der Waals surface area contributed by atoms with Crippen LogP contribution in [0, 0.1) is 24.0 Å². The van der Waals surface area contributed by atoms with E-state index in [1.54, 1.807) is 13.8 Å². The maximum absolute atomic E-state index is 12.9. The van der Waals surface area contributed by atoms with E-state index in [9.17, 15) is 18.5 Å². The van der Waals surface area contributed by atoms with Gasteiger partial charge in [0.25, 0.3) is 5.69 Å². The summed E-state index contributed by atoms with van der Waals surface area (Å²) in [4.78, 5) is 12.8. The molecule has 7 nitrogen and oxygen atoms in total. The predicted octanol–water partition coefficient (Wildman–Crippen LogP) is 3.58. The van der Waals surface area contributed by atoms with Gasteiger partial charge in [0, 0.05) is 37.8 Å². The molecule has 1 saturated heterocycles. The Labute approximate surface area is 177 Å². The van der Waals surface area contributed by atoms with Gasteiger partial charge in [-0.1, -0.05) is 30.3 Å². The molecule has 0 atom stereocenters. The zero-order valence-electron chi connectivity index (χ0n) is 16.5. The van der Waals surface area contributed by atoms with Gasteiger partial charge in [-0.15, -0.1) is 12.4 Å². The van der Waals surface area contributed by atoms with Crippen LogP contribution in [0.5, 0.6) is 0 Å². The van der Waals surface area contributed by atoms with Crippen LogP contribution in [-0.2, 0) is 16.6 Å². The Bertz CT molecular complexity index is 959. The predicted molar refractivity (Wildman–Crippen MR) is 115 cm³/mol. The first-order valence-electron chi connectivity index (χ1n) is 9.30. The summed E-state index contributed by atoms with van der Waals surface area (Å²) in [7, 11) is -3.82. The summed E-state index contributed by atoms with van der Waals surface area (Å²) in [6.45, 7) is 5.81. The van der Waals surface area contributed by atoms with Crippen LogP contribution in [0.3, 0.4) is 0 Å². The third-order valence-electron chi connectivity index (χ3n) is 5.26. The molecule has 1 aliphatic rings. The molecular formula is C20H26ClN3O4S. The minimum atomic E-state index is -3.82. The smallest absolute Gasteiger partial charge is 0.271 e. The maximum atomic E-state index is 12.9. The molecule has 2 aromatic carbocycles. The number of benzene rings is 2. The lowest BCUT2D eigenvalue weighted by Crippen LogP contribution is -2.44. The normalized spacial score (nSPS) is 15.7. The number of likely N-dealkylation sites (tertiary alicyclic amines) is 1.